The summed E-state index contributed by atoms with van der Waals surface area (Å²) in [6, 6.07) is 6.36. The maximum absolute atomic E-state index is 11.8. The van der Waals surface area contributed by atoms with E-state index in [4.69, 9.17) is 5.73 Å². The van der Waals surface area contributed by atoms with Gasteiger partial charge < -0.3 is 16.4 Å². The summed E-state index contributed by atoms with van der Waals surface area (Å²) in [7, 11) is 0. The van der Waals surface area contributed by atoms with Gasteiger partial charge in [-0.25, -0.2) is 0 Å². The molecule has 0 saturated carbocycles. The molecule has 1 aromatic rings. The summed E-state index contributed by atoms with van der Waals surface area (Å²) in [5.41, 5.74) is 6.36. The zero-order valence-electron chi connectivity index (χ0n) is 11.8. The highest BCUT2D eigenvalue weighted by atomic mass is 16.2. The number of nitrogens with two attached hydrogens (primary N) is 1. The molecule has 0 aliphatic carbocycles. The summed E-state index contributed by atoms with van der Waals surface area (Å²) in [5, 5.41) is 5.48. The van der Waals surface area contributed by atoms with E-state index in [-0.39, 0.29) is 11.8 Å². The van der Waals surface area contributed by atoms with E-state index in [9.17, 15) is 9.59 Å². The molecule has 0 bridgehead atoms. The van der Waals surface area contributed by atoms with E-state index in [1.165, 1.54) is 0 Å². The highest BCUT2D eigenvalue weighted by Gasteiger charge is 2.21. The van der Waals surface area contributed by atoms with Crippen LogP contribution in [0.15, 0.2) is 24.3 Å². The molecule has 0 fully saturated rings. The number of amides is 2. The van der Waals surface area contributed by atoms with E-state index >= 15 is 0 Å². The van der Waals surface area contributed by atoms with Crippen LogP contribution in [0, 0.1) is 5.41 Å². The molecule has 2 amide bonds. The molecule has 1 aromatic carbocycles. The van der Waals surface area contributed by atoms with Crippen LogP contribution in [0.5, 0.6) is 0 Å². The SMILES string of the molecule is CC(N)C(=O)Nc1ccc(NC(=O)C(C)(C)C)cc1. The third kappa shape index (κ3) is 4.71. The standard InChI is InChI=1S/C14H21N3O2/c1-9(15)12(18)16-10-5-7-11(8-6-10)17-13(19)14(2,3)4/h5-9H,15H2,1-4H3,(H,16,18)(H,17,19). The van der Waals surface area contributed by atoms with Crippen molar-refractivity contribution in [2.75, 3.05) is 10.6 Å². The first-order valence-corrected chi connectivity index (χ1v) is 6.18. The second-order valence-corrected chi connectivity index (χ2v) is 5.56. The number of rotatable bonds is 3. The van der Waals surface area contributed by atoms with E-state index in [1.54, 1.807) is 31.2 Å². The van der Waals surface area contributed by atoms with Crippen LogP contribution in [0.25, 0.3) is 0 Å². The molecule has 0 aromatic heterocycles. The smallest absolute Gasteiger partial charge is 0.240 e. The number of carbonyl (C=O) groups is 2. The van der Waals surface area contributed by atoms with Gasteiger partial charge in [-0.2, -0.15) is 0 Å². The van der Waals surface area contributed by atoms with Crippen molar-refractivity contribution in [2.24, 2.45) is 11.1 Å². The third-order valence-electron chi connectivity index (χ3n) is 2.51. The topological polar surface area (TPSA) is 84.2 Å². The lowest BCUT2D eigenvalue weighted by Gasteiger charge is -2.17. The van der Waals surface area contributed by atoms with E-state index in [2.05, 4.69) is 10.6 Å². The van der Waals surface area contributed by atoms with Crippen molar-refractivity contribution >= 4 is 23.2 Å². The van der Waals surface area contributed by atoms with Gasteiger partial charge >= 0.3 is 0 Å². The number of carbonyl (C=O) groups excluding carboxylic acids is 2. The van der Waals surface area contributed by atoms with Gasteiger partial charge in [-0.3, -0.25) is 9.59 Å². The molecule has 5 heteroatoms. The van der Waals surface area contributed by atoms with Crippen LogP contribution in [-0.4, -0.2) is 17.9 Å². The predicted octanol–water partition coefficient (Wildman–Crippen LogP) is 1.96. The van der Waals surface area contributed by atoms with E-state index in [1.807, 2.05) is 20.8 Å². The van der Waals surface area contributed by atoms with Crippen molar-refractivity contribution < 1.29 is 9.59 Å². The van der Waals surface area contributed by atoms with Gasteiger partial charge in [0.05, 0.1) is 6.04 Å². The van der Waals surface area contributed by atoms with Crippen LogP contribution < -0.4 is 16.4 Å². The van der Waals surface area contributed by atoms with Crippen molar-refractivity contribution in [3.8, 4) is 0 Å². The van der Waals surface area contributed by atoms with Crippen molar-refractivity contribution in [1.82, 2.24) is 0 Å². The van der Waals surface area contributed by atoms with Gasteiger partial charge in [0.15, 0.2) is 0 Å². The van der Waals surface area contributed by atoms with Gasteiger partial charge in [-0.15, -0.1) is 0 Å². The molecule has 104 valence electrons. The Morgan fingerprint density at radius 1 is 1.05 bits per heavy atom. The van der Waals surface area contributed by atoms with Crippen molar-refractivity contribution in [1.29, 1.82) is 0 Å². The molecule has 5 nitrogen and oxygen atoms in total. The fourth-order valence-corrected chi connectivity index (χ4v) is 1.21. The van der Waals surface area contributed by atoms with Crippen molar-refractivity contribution in [3.05, 3.63) is 24.3 Å². The summed E-state index contributed by atoms with van der Waals surface area (Å²) < 4.78 is 0. The largest absolute Gasteiger partial charge is 0.326 e. The van der Waals surface area contributed by atoms with Gasteiger partial charge in [-0.05, 0) is 31.2 Å². The molecule has 0 spiro atoms. The molecule has 1 unspecified atom stereocenters. The van der Waals surface area contributed by atoms with Gasteiger partial charge in [0.2, 0.25) is 11.8 Å². The van der Waals surface area contributed by atoms with E-state index in [0.29, 0.717) is 11.4 Å². The first-order valence-electron chi connectivity index (χ1n) is 6.18. The maximum atomic E-state index is 11.8. The van der Waals surface area contributed by atoms with Crippen LogP contribution in [0.2, 0.25) is 0 Å². The Kier molecular flexibility index (Phi) is 4.67. The Morgan fingerprint density at radius 2 is 1.47 bits per heavy atom. The predicted molar refractivity (Wildman–Crippen MR) is 76.8 cm³/mol. The summed E-state index contributed by atoms with van der Waals surface area (Å²) in [6.07, 6.45) is 0. The number of benzene rings is 1. The summed E-state index contributed by atoms with van der Waals surface area (Å²) >= 11 is 0. The second-order valence-electron chi connectivity index (χ2n) is 5.56. The van der Waals surface area contributed by atoms with Gasteiger partial charge in [-0.1, -0.05) is 20.8 Å². The lowest BCUT2D eigenvalue weighted by molar-refractivity contribution is -0.123. The average molecular weight is 263 g/mol. The monoisotopic (exact) mass is 263 g/mol. The minimum atomic E-state index is -0.555. The molecule has 0 aliphatic heterocycles. The third-order valence-corrected chi connectivity index (χ3v) is 2.51. The molecular formula is C14H21N3O2. The Hall–Kier alpha value is -1.88. The molecule has 0 heterocycles. The molecule has 1 atom stereocenters. The highest BCUT2D eigenvalue weighted by Crippen LogP contribution is 2.19. The van der Waals surface area contributed by atoms with Gasteiger partial charge in [0.25, 0.3) is 0 Å². The van der Waals surface area contributed by atoms with Crippen LogP contribution in [-0.2, 0) is 9.59 Å². The summed E-state index contributed by atoms with van der Waals surface area (Å²) in [6.45, 7) is 7.16. The molecule has 0 aliphatic rings. The van der Waals surface area contributed by atoms with Crippen LogP contribution >= 0.6 is 0 Å². The van der Waals surface area contributed by atoms with Gasteiger partial charge in [0, 0.05) is 16.8 Å². The summed E-state index contributed by atoms with van der Waals surface area (Å²) in [5.74, 6) is -0.300. The number of anilines is 2. The quantitative estimate of drug-likeness (QED) is 0.779. The zero-order chi connectivity index (χ0) is 14.6. The van der Waals surface area contributed by atoms with E-state index in [0.717, 1.165) is 0 Å². The van der Waals surface area contributed by atoms with Gasteiger partial charge in [0.1, 0.15) is 0 Å². The molecule has 19 heavy (non-hydrogen) atoms. The zero-order valence-corrected chi connectivity index (χ0v) is 11.8. The molecular weight excluding hydrogens is 242 g/mol. The minimum absolute atomic E-state index is 0.0557. The molecule has 1 rings (SSSR count). The first kappa shape index (κ1) is 15.2. The highest BCUT2D eigenvalue weighted by molar-refractivity contribution is 5.96. The normalized spacial score (nSPS) is 12.7. The fraction of sp³-hybridized carbons (Fsp3) is 0.429. The lowest BCUT2D eigenvalue weighted by atomic mass is 9.95. The van der Waals surface area contributed by atoms with Crippen molar-refractivity contribution in [3.63, 3.8) is 0 Å². The average Bonchev–Trinajstić information content (AvgIpc) is 2.30. The Labute approximate surface area is 113 Å². The van der Waals surface area contributed by atoms with Crippen LogP contribution in [0.4, 0.5) is 11.4 Å². The maximum Gasteiger partial charge on any atom is 0.240 e. The Balaban J connectivity index is 2.67. The Bertz CT molecular complexity index is 459. The first-order chi connectivity index (χ1) is 8.70. The van der Waals surface area contributed by atoms with Crippen molar-refractivity contribution in [2.45, 2.75) is 33.7 Å². The number of hydrogen-bond donors (Lipinski definition) is 3. The molecule has 0 radical (unpaired) electrons. The molecule has 4 N–H and O–H groups in total. The number of hydrogen-bond acceptors (Lipinski definition) is 3. The second kappa shape index (κ2) is 5.84. The Morgan fingerprint density at radius 3 is 1.84 bits per heavy atom. The fourth-order valence-electron chi connectivity index (χ4n) is 1.21. The minimum Gasteiger partial charge on any atom is -0.326 e. The van der Waals surface area contributed by atoms with Crippen LogP contribution in [0.1, 0.15) is 27.7 Å². The van der Waals surface area contributed by atoms with E-state index < -0.39 is 11.5 Å². The lowest BCUT2D eigenvalue weighted by Crippen LogP contribution is -2.32. The number of nitrogens with one attached hydrogen (secondary N) is 2. The molecule has 0 saturated heterocycles. The summed E-state index contributed by atoms with van der Waals surface area (Å²) in [4.78, 5) is 23.2. The van der Waals surface area contributed by atoms with Crippen LogP contribution in [0.3, 0.4) is 0 Å².